The van der Waals surface area contributed by atoms with Crippen LogP contribution in [0, 0.1) is 0 Å². The molecule has 0 saturated carbocycles. The normalized spacial score (nSPS) is 17.4. The van der Waals surface area contributed by atoms with Crippen molar-refractivity contribution in [3.05, 3.63) is 93.1 Å². The van der Waals surface area contributed by atoms with Gasteiger partial charge in [0, 0.05) is 57.8 Å². The van der Waals surface area contributed by atoms with Crippen molar-refractivity contribution in [2.75, 3.05) is 52.5 Å². The zero-order valence-corrected chi connectivity index (χ0v) is 26.8. The van der Waals surface area contributed by atoms with Gasteiger partial charge in [-0.3, -0.25) is 14.5 Å². The molecule has 6 rings (SSSR count). The second-order valence-electron chi connectivity index (χ2n) is 12.2. The minimum Gasteiger partial charge on any atom is -0.506 e. The van der Waals surface area contributed by atoms with Gasteiger partial charge in [0.05, 0.1) is 23.0 Å². The maximum atomic E-state index is 13.0. The molecule has 2 aliphatic heterocycles. The average molecular weight is 647 g/mol. The first kappa shape index (κ1) is 32.2. The fourth-order valence-electron chi connectivity index (χ4n) is 6.36. The molecule has 11 heteroatoms. The number of aromatic amines is 1. The maximum absolute atomic E-state index is 13.0. The number of benzene rings is 3. The highest BCUT2D eigenvalue weighted by Crippen LogP contribution is 2.32. The largest absolute Gasteiger partial charge is 0.506 e. The van der Waals surface area contributed by atoms with Crippen molar-refractivity contribution in [1.29, 1.82) is 0 Å². The van der Waals surface area contributed by atoms with Crippen molar-refractivity contribution in [3.8, 4) is 11.5 Å². The predicted molar refractivity (Wildman–Crippen MR) is 178 cm³/mol. The Kier molecular flexibility index (Phi) is 10.4. The molecule has 0 bridgehead atoms. The molecule has 10 nitrogen and oxygen atoms in total. The van der Waals surface area contributed by atoms with Crippen molar-refractivity contribution in [3.63, 3.8) is 0 Å². The second kappa shape index (κ2) is 14.8. The zero-order valence-electron chi connectivity index (χ0n) is 26.0. The number of nitrogens with zero attached hydrogens (tertiary/aromatic N) is 2. The molecule has 2 fully saturated rings. The lowest BCUT2D eigenvalue weighted by atomic mass is 9.89. The SMILES string of the molecule is O=C(CCc1ccccc1)N1CCOC2(CCN(CCOc3ccc(CNCC(O)c4ccc(O)c5[nH]c(=O)sc45)cc3)CC2)C1. The number of carbonyl (C=O) groups excluding carboxylic acids is 1. The van der Waals surface area contributed by atoms with Crippen molar-refractivity contribution in [1.82, 2.24) is 20.1 Å². The van der Waals surface area contributed by atoms with Gasteiger partial charge >= 0.3 is 4.87 Å². The van der Waals surface area contributed by atoms with Crippen LogP contribution in [0.15, 0.2) is 71.5 Å². The van der Waals surface area contributed by atoms with E-state index in [4.69, 9.17) is 9.47 Å². The summed E-state index contributed by atoms with van der Waals surface area (Å²) in [6, 6.07) is 21.2. The lowest BCUT2D eigenvalue weighted by Crippen LogP contribution is -2.58. The van der Waals surface area contributed by atoms with Crippen LogP contribution in [0.1, 0.15) is 42.1 Å². The van der Waals surface area contributed by atoms with E-state index in [2.05, 4.69) is 27.3 Å². The van der Waals surface area contributed by atoms with Crippen molar-refractivity contribution in [2.45, 2.75) is 43.9 Å². The number of thiazole rings is 1. The van der Waals surface area contributed by atoms with Crippen LogP contribution in [0.2, 0.25) is 0 Å². The van der Waals surface area contributed by atoms with Gasteiger partial charge in [-0.2, -0.15) is 0 Å². The fraction of sp³-hybridized carbons (Fsp3) is 0.429. The number of H-pyrrole nitrogens is 1. The van der Waals surface area contributed by atoms with Crippen LogP contribution in [-0.4, -0.2) is 89.0 Å². The number of carbonyl (C=O) groups is 1. The third-order valence-corrected chi connectivity index (χ3v) is 9.98. The van der Waals surface area contributed by atoms with E-state index in [-0.39, 0.29) is 22.1 Å². The average Bonchev–Trinajstić information content (AvgIpc) is 3.48. The fourth-order valence-corrected chi connectivity index (χ4v) is 7.28. The minimum absolute atomic E-state index is 0.00559. The molecule has 2 saturated heterocycles. The smallest absolute Gasteiger partial charge is 0.305 e. The number of ether oxygens (including phenoxy) is 2. The second-order valence-corrected chi connectivity index (χ2v) is 13.2. The lowest BCUT2D eigenvalue weighted by molar-refractivity contribution is -0.159. The molecule has 4 aromatic rings. The molecule has 1 atom stereocenters. The Balaban J connectivity index is 0.888. The number of aromatic nitrogens is 1. The van der Waals surface area contributed by atoms with E-state index in [0.717, 1.165) is 61.5 Å². The Hall–Kier alpha value is -3.74. The Morgan fingerprint density at radius 2 is 1.83 bits per heavy atom. The third-order valence-electron chi connectivity index (χ3n) is 9.05. The molecule has 0 radical (unpaired) electrons. The summed E-state index contributed by atoms with van der Waals surface area (Å²) >= 11 is 0.981. The summed E-state index contributed by atoms with van der Waals surface area (Å²) in [5.74, 6) is 1.02. The first-order chi connectivity index (χ1) is 22.4. The van der Waals surface area contributed by atoms with E-state index < -0.39 is 6.10 Å². The number of phenols is 1. The van der Waals surface area contributed by atoms with Gasteiger partial charge in [-0.1, -0.05) is 59.9 Å². The van der Waals surface area contributed by atoms with E-state index in [1.165, 1.54) is 11.6 Å². The van der Waals surface area contributed by atoms with E-state index >= 15 is 0 Å². The van der Waals surface area contributed by atoms with Crippen molar-refractivity contribution < 1.29 is 24.5 Å². The van der Waals surface area contributed by atoms with Crippen LogP contribution in [-0.2, 0) is 22.5 Å². The van der Waals surface area contributed by atoms with Crippen molar-refractivity contribution >= 4 is 27.5 Å². The molecule has 3 heterocycles. The Bertz CT molecular complexity index is 1650. The number of hydrogen-bond donors (Lipinski definition) is 4. The van der Waals surface area contributed by atoms with Gasteiger partial charge < -0.3 is 34.9 Å². The van der Waals surface area contributed by atoms with Gasteiger partial charge in [0.1, 0.15) is 23.6 Å². The highest BCUT2D eigenvalue weighted by Gasteiger charge is 2.40. The Morgan fingerprint density at radius 3 is 2.61 bits per heavy atom. The number of aryl methyl sites for hydroxylation is 1. The molecule has 1 amide bonds. The molecule has 1 spiro atoms. The van der Waals surface area contributed by atoms with Crippen LogP contribution >= 0.6 is 11.3 Å². The number of aromatic hydroxyl groups is 1. The molecule has 2 aliphatic rings. The Morgan fingerprint density at radius 1 is 1.04 bits per heavy atom. The lowest BCUT2D eigenvalue weighted by Gasteiger charge is -2.47. The third kappa shape index (κ3) is 7.97. The summed E-state index contributed by atoms with van der Waals surface area (Å²) < 4.78 is 12.9. The predicted octanol–water partition coefficient (Wildman–Crippen LogP) is 3.82. The zero-order chi connectivity index (χ0) is 31.9. The first-order valence-electron chi connectivity index (χ1n) is 16.0. The summed E-state index contributed by atoms with van der Waals surface area (Å²) in [6.07, 6.45) is 2.31. The number of morpholine rings is 1. The number of amides is 1. The summed E-state index contributed by atoms with van der Waals surface area (Å²) in [6.45, 7) is 6.09. The van der Waals surface area contributed by atoms with Crippen LogP contribution in [0.25, 0.3) is 10.2 Å². The number of rotatable bonds is 12. The number of hydrogen-bond acceptors (Lipinski definition) is 9. The molecule has 1 aromatic heterocycles. The number of phenolic OH excluding ortho intramolecular Hbond substituents is 1. The molecule has 0 aliphatic carbocycles. The number of fused-ring (bicyclic) bond motifs is 1. The minimum atomic E-state index is -0.821. The number of aliphatic hydroxyl groups is 1. The summed E-state index contributed by atoms with van der Waals surface area (Å²) in [5, 5.41) is 24.0. The molecule has 4 N–H and O–H groups in total. The van der Waals surface area contributed by atoms with Crippen LogP contribution in [0.5, 0.6) is 11.5 Å². The Labute approximate surface area is 272 Å². The first-order valence-corrected chi connectivity index (χ1v) is 16.8. The molecule has 3 aromatic carbocycles. The molecular weight excluding hydrogens is 604 g/mol. The van der Waals surface area contributed by atoms with Crippen LogP contribution < -0.4 is 14.9 Å². The van der Waals surface area contributed by atoms with Gasteiger partial charge in [0.25, 0.3) is 0 Å². The van der Waals surface area contributed by atoms with Gasteiger partial charge in [0.15, 0.2) is 0 Å². The summed E-state index contributed by atoms with van der Waals surface area (Å²) in [7, 11) is 0. The molecular formula is C35H42N4O6S. The summed E-state index contributed by atoms with van der Waals surface area (Å²) in [5.41, 5.74) is 2.98. The molecule has 244 valence electrons. The number of piperidine rings is 1. The van der Waals surface area contributed by atoms with Crippen LogP contribution in [0.3, 0.4) is 0 Å². The topological polar surface area (TPSA) is 127 Å². The monoisotopic (exact) mass is 646 g/mol. The van der Waals surface area contributed by atoms with Gasteiger partial charge in [-0.25, -0.2) is 0 Å². The van der Waals surface area contributed by atoms with E-state index in [1.54, 1.807) is 6.07 Å². The number of aliphatic hydroxyl groups excluding tert-OH is 1. The van der Waals surface area contributed by atoms with E-state index in [9.17, 15) is 19.8 Å². The van der Waals surface area contributed by atoms with Gasteiger partial charge in [0.2, 0.25) is 5.91 Å². The molecule has 46 heavy (non-hydrogen) atoms. The van der Waals surface area contributed by atoms with E-state index in [0.29, 0.717) is 61.6 Å². The van der Waals surface area contributed by atoms with Gasteiger partial charge in [-0.05, 0) is 48.6 Å². The van der Waals surface area contributed by atoms with Crippen LogP contribution in [0.4, 0.5) is 0 Å². The van der Waals surface area contributed by atoms with E-state index in [1.807, 2.05) is 47.4 Å². The van der Waals surface area contributed by atoms with Crippen molar-refractivity contribution in [2.24, 2.45) is 0 Å². The standard InChI is InChI=1S/C35H42N4O6S/c40-29-12-11-28(33-32(29)37-34(43)46-33)30(41)23-36-22-26-6-9-27(10-7-26)44-20-18-38-16-14-35(15-17-38)24-39(19-21-45-35)31(42)13-8-25-4-2-1-3-5-25/h1-7,9-12,30,36,40-41H,8,13-24H2,(H,37,43). The highest BCUT2D eigenvalue weighted by atomic mass is 32.1. The molecule has 1 unspecified atom stereocenters. The highest BCUT2D eigenvalue weighted by molar-refractivity contribution is 7.16. The number of likely N-dealkylation sites (tertiary alicyclic amines) is 1. The maximum Gasteiger partial charge on any atom is 0.305 e. The summed E-state index contributed by atoms with van der Waals surface area (Å²) in [4.78, 5) is 31.5. The van der Waals surface area contributed by atoms with Gasteiger partial charge in [-0.15, -0.1) is 0 Å². The quantitative estimate of drug-likeness (QED) is 0.183. The number of nitrogens with one attached hydrogen (secondary N) is 2.